The Balaban J connectivity index is 1.43. The Hall–Kier alpha value is -3.99. The summed E-state index contributed by atoms with van der Waals surface area (Å²) in [6.07, 6.45) is 5.42. The summed E-state index contributed by atoms with van der Waals surface area (Å²) in [5, 5.41) is 5.51. The van der Waals surface area contributed by atoms with Crippen molar-refractivity contribution >= 4 is 22.6 Å². The molecule has 0 aromatic heterocycles. The summed E-state index contributed by atoms with van der Waals surface area (Å²) < 4.78 is 13.7. The Morgan fingerprint density at radius 1 is 0.821 bits per heavy atom. The fourth-order valence-corrected chi connectivity index (χ4v) is 5.60. The third kappa shape index (κ3) is 6.91. The molecule has 2 amide bonds. The number of hydrogen-bond donors (Lipinski definition) is 1. The van der Waals surface area contributed by atoms with Crippen LogP contribution in [0.15, 0.2) is 97.1 Å². The topological polar surface area (TPSA) is 49.4 Å². The van der Waals surface area contributed by atoms with Crippen LogP contribution in [0.1, 0.15) is 48.8 Å². The van der Waals surface area contributed by atoms with Gasteiger partial charge >= 0.3 is 0 Å². The second kappa shape index (κ2) is 12.7. The summed E-state index contributed by atoms with van der Waals surface area (Å²) in [7, 11) is 0. The van der Waals surface area contributed by atoms with Gasteiger partial charge in [0, 0.05) is 25.4 Å². The highest BCUT2D eigenvalue weighted by Gasteiger charge is 2.32. The van der Waals surface area contributed by atoms with Gasteiger partial charge in [-0.1, -0.05) is 97.8 Å². The summed E-state index contributed by atoms with van der Waals surface area (Å²) in [6.45, 7) is 0.240. The molecule has 5 heteroatoms. The standard InChI is InChI=1S/C34H35FN2O2/c35-29-20-17-26(18-21-29)24-37(33(38)22-19-28-13-8-12-27-11-4-7-16-31(27)28)32(23-25-9-2-1-3-10-25)34(39)36-30-14-5-6-15-30/h1-4,7-13,16-18,20-21,30,32H,5-6,14-15,19,22-24H2,(H,36,39). The lowest BCUT2D eigenvalue weighted by Gasteiger charge is -2.32. The minimum atomic E-state index is -0.668. The quantitative estimate of drug-likeness (QED) is 0.255. The van der Waals surface area contributed by atoms with E-state index in [-0.39, 0.29) is 36.6 Å². The first-order valence-corrected chi connectivity index (χ1v) is 13.9. The number of amides is 2. The van der Waals surface area contributed by atoms with Gasteiger partial charge in [0.25, 0.3) is 0 Å². The van der Waals surface area contributed by atoms with Crippen LogP contribution in [-0.4, -0.2) is 28.8 Å². The fraction of sp³-hybridized carbons (Fsp3) is 0.294. The van der Waals surface area contributed by atoms with Gasteiger partial charge in [0.15, 0.2) is 0 Å². The lowest BCUT2D eigenvalue weighted by molar-refractivity contribution is -0.141. The molecule has 0 saturated heterocycles. The zero-order chi connectivity index (χ0) is 27.0. The van der Waals surface area contributed by atoms with Gasteiger partial charge < -0.3 is 10.2 Å². The second-order valence-electron chi connectivity index (χ2n) is 10.5. The predicted octanol–water partition coefficient (Wildman–Crippen LogP) is 6.61. The van der Waals surface area contributed by atoms with Crippen molar-refractivity contribution in [1.29, 1.82) is 0 Å². The number of rotatable bonds is 10. The molecule has 4 aromatic carbocycles. The molecule has 5 rings (SSSR count). The van der Waals surface area contributed by atoms with E-state index in [0.29, 0.717) is 12.8 Å². The molecule has 4 nitrogen and oxygen atoms in total. The third-order valence-electron chi connectivity index (χ3n) is 7.73. The van der Waals surface area contributed by atoms with Gasteiger partial charge in [-0.25, -0.2) is 4.39 Å². The van der Waals surface area contributed by atoms with Crippen molar-refractivity contribution in [3.05, 3.63) is 120 Å². The van der Waals surface area contributed by atoms with E-state index >= 15 is 0 Å². The number of aryl methyl sites for hydroxylation is 1. The van der Waals surface area contributed by atoms with Crippen LogP contribution in [0, 0.1) is 5.82 Å². The number of nitrogens with zero attached hydrogens (tertiary/aromatic N) is 1. The third-order valence-corrected chi connectivity index (χ3v) is 7.73. The molecule has 0 bridgehead atoms. The number of halogens is 1. The maximum absolute atomic E-state index is 14.0. The highest BCUT2D eigenvalue weighted by molar-refractivity contribution is 5.89. The van der Waals surface area contributed by atoms with Crippen molar-refractivity contribution in [2.45, 2.75) is 63.6 Å². The van der Waals surface area contributed by atoms with Crippen molar-refractivity contribution in [3.63, 3.8) is 0 Å². The van der Waals surface area contributed by atoms with Crippen molar-refractivity contribution in [1.82, 2.24) is 10.2 Å². The summed E-state index contributed by atoms with van der Waals surface area (Å²) in [4.78, 5) is 29.5. The molecule has 200 valence electrons. The average molecular weight is 523 g/mol. The van der Waals surface area contributed by atoms with Gasteiger partial charge in [0.2, 0.25) is 11.8 Å². The van der Waals surface area contributed by atoms with Crippen LogP contribution in [0.25, 0.3) is 10.8 Å². The number of nitrogens with one attached hydrogen (secondary N) is 1. The van der Waals surface area contributed by atoms with E-state index in [4.69, 9.17) is 0 Å². The smallest absolute Gasteiger partial charge is 0.243 e. The minimum Gasteiger partial charge on any atom is -0.352 e. The number of carbonyl (C=O) groups excluding carboxylic acids is 2. The molecule has 1 fully saturated rings. The van der Waals surface area contributed by atoms with Gasteiger partial charge in [-0.2, -0.15) is 0 Å². The van der Waals surface area contributed by atoms with Crippen molar-refractivity contribution in [2.24, 2.45) is 0 Å². The molecule has 0 radical (unpaired) electrons. The maximum atomic E-state index is 14.0. The molecule has 0 aliphatic heterocycles. The van der Waals surface area contributed by atoms with E-state index in [2.05, 4.69) is 29.6 Å². The fourth-order valence-electron chi connectivity index (χ4n) is 5.60. The summed E-state index contributed by atoms with van der Waals surface area (Å²) >= 11 is 0. The van der Waals surface area contributed by atoms with E-state index in [1.54, 1.807) is 17.0 Å². The number of benzene rings is 4. The molecule has 39 heavy (non-hydrogen) atoms. The highest BCUT2D eigenvalue weighted by Crippen LogP contribution is 2.23. The number of hydrogen-bond acceptors (Lipinski definition) is 2. The molecule has 1 aliphatic carbocycles. The highest BCUT2D eigenvalue weighted by atomic mass is 19.1. The lowest BCUT2D eigenvalue weighted by Crippen LogP contribution is -2.52. The molecular formula is C34H35FN2O2. The Morgan fingerprint density at radius 3 is 2.28 bits per heavy atom. The van der Waals surface area contributed by atoms with Crippen LogP contribution in [0.4, 0.5) is 4.39 Å². The molecule has 0 spiro atoms. The van der Waals surface area contributed by atoms with Gasteiger partial charge in [0.05, 0.1) is 0 Å². The summed E-state index contributed by atoms with van der Waals surface area (Å²) in [6, 6.07) is 29.8. The lowest BCUT2D eigenvalue weighted by atomic mass is 9.99. The zero-order valence-electron chi connectivity index (χ0n) is 22.2. The van der Waals surface area contributed by atoms with Crippen molar-refractivity contribution in [3.8, 4) is 0 Å². The number of fused-ring (bicyclic) bond motifs is 1. The van der Waals surface area contributed by atoms with Gasteiger partial charge in [0.1, 0.15) is 11.9 Å². The van der Waals surface area contributed by atoms with E-state index < -0.39 is 6.04 Å². The SMILES string of the molecule is O=C(NC1CCCC1)C(Cc1ccccc1)N(Cc1ccc(F)cc1)C(=O)CCc1cccc2ccccc12. The Bertz CT molecular complexity index is 1390. The molecule has 1 unspecified atom stereocenters. The van der Waals surface area contributed by atoms with E-state index in [9.17, 15) is 14.0 Å². The van der Waals surface area contributed by atoms with Crippen LogP contribution in [0.2, 0.25) is 0 Å². The van der Waals surface area contributed by atoms with Crippen LogP contribution >= 0.6 is 0 Å². The molecule has 1 atom stereocenters. The van der Waals surface area contributed by atoms with Crippen molar-refractivity contribution in [2.75, 3.05) is 0 Å². The van der Waals surface area contributed by atoms with Crippen LogP contribution < -0.4 is 5.32 Å². The first kappa shape index (κ1) is 26.6. The zero-order valence-corrected chi connectivity index (χ0v) is 22.2. The molecule has 1 N–H and O–H groups in total. The van der Waals surface area contributed by atoms with E-state index in [1.165, 1.54) is 12.1 Å². The summed E-state index contributed by atoms with van der Waals surface area (Å²) in [5.74, 6) is -0.534. The number of carbonyl (C=O) groups is 2. The molecule has 1 saturated carbocycles. The first-order valence-electron chi connectivity index (χ1n) is 13.9. The van der Waals surface area contributed by atoms with Crippen LogP contribution in [0.5, 0.6) is 0 Å². The van der Waals surface area contributed by atoms with Crippen LogP contribution in [0.3, 0.4) is 0 Å². The molecule has 1 aliphatic rings. The molecule has 4 aromatic rings. The van der Waals surface area contributed by atoms with Gasteiger partial charge in [-0.15, -0.1) is 0 Å². The second-order valence-corrected chi connectivity index (χ2v) is 10.5. The Kier molecular flexibility index (Phi) is 8.67. The largest absolute Gasteiger partial charge is 0.352 e. The Morgan fingerprint density at radius 2 is 1.51 bits per heavy atom. The first-order chi connectivity index (χ1) is 19.1. The van der Waals surface area contributed by atoms with Gasteiger partial charge in [-0.3, -0.25) is 9.59 Å². The monoisotopic (exact) mass is 522 g/mol. The summed E-state index contributed by atoms with van der Waals surface area (Å²) in [5.41, 5.74) is 2.90. The minimum absolute atomic E-state index is 0.0882. The average Bonchev–Trinajstić information content (AvgIpc) is 3.48. The molecule has 0 heterocycles. The maximum Gasteiger partial charge on any atom is 0.243 e. The van der Waals surface area contributed by atoms with Crippen molar-refractivity contribution < 1.29 is 14.0 Å². The van der Waals surface area contributed by atoms with Crippen LogP contribution in [-0.2, 0) is 29.0 Å². The predicted molar refractivity (Wildman–Crippen MR) is 154 cm³/mol. The van der Waals surface area contributed by atoms with E-state index in [0.717, 1.165) is 53.1 Å². The normalized spacial score (nSPS) is 14.3. The van der Waals surface area contributed by atoms with E-state index in [1.807, 2.05) is 48.5 Å². The Labute approximate surface area is 229 Å². The van der Waals surface area contributed by atoms with Gasteiger partial charge in [-0.05, 0) is 58.9 Å². The molecular weight excluding hydrogens is 487 g/mol.